The molecule has 0 saturated heterocycles. The van der Waals surface area contributed by atoms with Gasteiger partial charge in [-0.2, -0.15) is 5.06 Å². The summed E-state index contributed by atoms with van der Waals surface area (Å²) in [5, 5.41) is 21.7. The number of carbonyl (C=O) groups is 2. The van der Waals surface area contributed by atoms with Gasteiger partial charge < -0.3 is 15.2 Å². The summed E-state index contributed by atoms with van der Waals surface area (Å²) in [5.74, 6) is -0.279. The minimum absolute atomic E-state index is 0.00483. The molecule has 2 rings (SSSR count). The molecule has 3 N–H and O–H groups in total. The molecule has 24 heavy (non-hydrogen) atoms. The van der Waals surface area contributed by atoms with Crippen LogP contribution in [-0.4, -0.2) is 46.6 Å². The highest BCUT2D eigenvalue weighted by molar-refractivity contribution is 5.94. The number of aliphatic hydroxyl groups excluding tert-OH is 1. The Kier molecular flexibility index (Phi) is 6.77. The van der Waals surface area contributed by atoms with Gasteiger partial charge in [-0.15, -0.1) is 0 Å². The number of hydrogen-bond acceptors (Lipinski definition) is 5. The Hall–Kier alpha value is -2.38. The molecule has 1 aromatic carbocycles. The topological polar surface area (TPSA) is 99.1 Å². The van der Waals surface area contributed by atoms with E-state index < -0.39 is 6.09 Å². The SMILES string of the molecule is O=C(NCCO)c1ccc(COC(=O)N(O)C2C=CCCC2)cc1. The number of ether oxygens (including phenoxy) is 1. The first-order valence-corrected chi connectivity index (χ1v) is 7.91. The molecule has 1 aliphatic carbocycles. The normalized spacial score (nSPS) is 16.5. The monoisotopic (exact) mass is 334 g/mol. The highest BCUT2D eigenvalue weighted by atomic mass is 16.6. The van der Waals surface area contributed by atoms with E-state index in [0.29, 0.717) is 22.6 Å². The van der Waals surface area contributed by atoms with E-state index in [4.69, 9.17) is 9.84 Å². The van der Waals surface area contributed by atoms with Crippen molar-refractivity contribution in [3.8, 4) is 0 Å². The predicted molar refractivity (Wildman–Crippen MR) is 86.5 cm³/mol. The third-order valence-corrected chi connectivity index (χ3v) is 3.71. The lowest BCUT2D eigenvalue weighted by Gasteiger charge is -2.24. The Morgan fingerprint density at radius 1 is 1.29 bits per heavy atom. The molecule has 0 spiro atoms. The second kappa shape index (κ2) is 9.05. The molecule has 130 valence electrons. The second-order valence-corrected chi connectivity index (χ2v) is 5.50. The number of aliphatic hydroxyl groups is 1. The van der Waals surface area contributed by atoms with Crippen molar-refractivity contribution in [2.75, 3.05) is 13.2 Å². The second-order valence-electron chi connectivity index (χ2n) is 5.50. The number of allylic oxidation sites excluding steroid dienone is 1. The van der Waals surface area contributed by atoms with Gasteiger partial charge in [0.1, 0.15) is 6.61 Å². The van der Waals surface area contributed by atoms with Gasteiger partial charge in [0.2, 0.25) is 0 Å². The molecule has 1 aliphatic rings. The summed E-state index contributed by atoms with van der Waals surface area (Å²) in [6.07, 6.45) is 5.52. The van der Waals surface area contributed by atoms with Gasteiger partial charge in [-0.3, -0.25) is 10.0 Å². The van der Waals surface area contributed by atoms with Gasteiger partial charge in [-0.05, 0) is 37.0 Å². The summed E-state index contributed by atoms with van der Waals surface area (Å²) in [6.45, 7) is 0.0820. The van der Waals surface area contributed by atoms with Crippen LogP contribution in [0, 0.1) is 0 Å². The van der Waals surface area contributed by atoms with Crippen molar-refractivity contribution in [1.82, 2.24) is 10.4 Å². The van der Waals surface area contributed by atoms with Crippen molar-refractivity contribution in [2.45, 2.75) is 31.9 Å². The summed E-state index contributed by atoms with van der Waals surface area (Å²) in [4.78, 5) is 23.5. The van der Waals surface area contributed by atoms with Gasteiger partial charge in [0.05, 0.1) is 12.6 Å². The molecule has 7 heteroatoms. The molecule has 1 unspecified atom stereocenters. The van der Waals surface area contributed by atoms with Crippen molar-refractivity contribution < 1.29 is 24.6 Å². The van der Waals surface area contributed by atoms with E-state index in [0.717, 1.165) is 12.8 Å². The number of amides is 2. The fourth-order valence-corrected chi connectivity index (χ4v) is 2.37. The number of nitrogens with zero attached hydrogens (tertiary/aromatic N) is 1. The van der Waals surface area contributed by atoms with E-state index in [1.165, 1.54) is 0 Å². The van der Waals surface area contributed by atoms with Crippen LogP contribution in [0.1, 0.15) is 35.2 Å². The number of benzene rings is 1. The molecule has 1 aromatic rings. The smallest absolute Gasteiger partial charge is 0.434 e. The zero-order chi connectivity index (χ0) is 17.4. The molecule has 0 radical (unpaired) electrons. The molecule has 0 aromatic heterocycles. The third kappa shape index (κ3) is 5.07. The van der Waals surface area contributed by atoms with Gasteiger partial charge in [0, 0.05) is 12.1 Å². The van der Waals surface area contributed by atoms with E-state index in [-0.39, 0.29) is 31.7 Å². The molecular formula is C17H22N2O5. The fourth-order valence-electron chi connectivity index (χ4n) is 2.37. The summed E-state index contributed by atoms with van der Waals surface area (Å²) in [6, 6.07) is 6.21. The lowest BCUT2D eigenvalue weighted by molar-refractivity contribution is -0.0970. The predicted octanol–water partition coefficient (Wildman–Crippen LogP) is 1.85. The standard InChI is InChI=1S/C17H22N2O5/c20-11-10-18-16(21)14-8-6-13(7-9-14)12-24-17(22)19(23)15-4-2-1-3-5-15/h2,4,6-9,15,20,23H,1,3,5,10-12H2,(H,18,21). The molecular weight excluding hydrogens is 312 g/mol. The van der Waals surface area contributed by atoms with Crippen LogP contribution in [-0.2, 0) is 11.3 Å². The van der Waals surface area contributed by atoms with E-state index in [1.807, 2.05) is 6.08 Å². The summed E-state index contributed by atoms with van der Waals surface area (Å²) >= 11 is 0. The van der Waals surface area contributed by atoms with Crippen molar-refractivity contribution >= 4 is 12.0 Å². The van der Waals surface area contributed by atoms with E-state index in [1.54, 1.807) is 30.3 Å². The highest BCUT2D eigenvalue weighted by Crippen LogP contribution is 2.16. The first-order chi connectivity index (χ1) is 11.6. The van der Waals surface area contributed by atoms with Gasteiger partial charge >= 0.3 is 6.09 Å². The van der Waals surface area contributed by atoms with Crippen LogP contribution in [0.3, 0.4) is 0 Å². The van der Waals surface area contributed by atoms with E-state index >= 15 is 0 Å². The summed E-state index contributed by atoms with van der Waals surface area (Å²) in [5.41, 5.74) is 1.16. The minimum atomic E-state index is -0.795. The molecule has 0 bridgehead atoms. The largest absolute Gasteiger partial charge is 0.443 e. The maximum absolute atomic E-state index is 11.8. The van der Waals surface area contributed by atoms with Crippen molar-refractivity contribution in [3.05, 3.63) is 47.5 Å². The number of hydroxylamine groups is 2. The minimum Gasteiger partial charge on any atom is -0.443 e. The lowest BCUT2D eigenvalue weighted by atomic mass is 10.0. The Morgan fingerprint density at radius 3 is 2.67 bits per heavy atom. The highest BCUT2D eigenvalue weighted by Gasteiger charge is 2.22. The van der Waals surface area contributed by atoms with Crippen LogP contribution in [0.25, 0.3) is 0 Å². The van der Waals surface area contributed by atoms with Crippen LogP contribution in [0.4, 0.5) is 4.79 Å². The Morgan fingerprint density at radius 2 is 2.04 bits per heavy atom. The number of hydrogen-bond donors (Lipinski definition) is 3. The maximum atomic E-state index is 11.8. The lowest BCUT2D eigenvalue weighted by Crippen LogP contribution is -2.37. The van der Waals surface area contributed by atoms with Gasteiger partial charge in [-0.1, -0.05) is 24.3 Å². The molecule has 1 atom stereocenters. The molecule has 2 amide bonds. The van der Waals surface area contributed by atoms with Crippen molar-refractivity contribution in [1.29, 1.82) is 0 Å². The van der Waals surface area contributed by atoms with Crippen LogP contribution < -0.4 is 5.32 Å². The number of rotatable bonds is 6. The summed E-state index contributed by atoms with van der Waals surface area (Å²) < 4.78 is 5.08. The van der Waals surface area contributed by atoms with Crippen LogP contribution in [0.5, 0.6) is 0 Å². The Balaban J connectivity index is 1.83. The average molecular weight is 334 g/mol. The molecule has 7 nitrogen and oxygen atoms in total. The molecule has 0 fully saturated rings. The Bertz CT molecular complexity index is 585. The number of carbonyl (C=O) groups excluding carboxylic acids is 2. The Labute approximate surface area is 140 Å². The van der Waals surface area contributed by atoms with Gasteiger partial charge in [0.15, 0.2) is 0 Å². The van der Waals surface area contributed by atoms with Crippen molar-refractivity contribution in [2.24, 2.45) is 0 Å². The zero-order valence-electron chi connectivity index (χ0n) is 13.4. The third-order valence-electron chi connectivity index (χ3n) is 3.71. The molecule has 0 heterocycles. The van der Waals surface area contributed by atoms with Gasteiger partial charge in [-0.25, -0.2) is 4.79 Å². The average Bonchev–Trinajstić information content (AvgIpc) is 2.64. The number of nitrogens with one attached hydrogen (secondary N) is 1. The van der Waals surface area contributed by atoms with Gasteiger partial charge in [0.25, 0.3) is 5.91 Å². The quantitative estimate of drug-likeness (QED) is 0.419. The van der Waals surface area contributed by atoms with E-state index in [2.05, 4.69) is 5.32 Å². The first kappa shape index (κ1) is 18.0. The maximum Gasteiger partial charge on any atom is 0.434 e. The van der Waals surface area contributed by atoms with Crippen LogP contribution in [0.15, 0.2) is 36.4 Å². The fraction of sp³-hybridized carbons (Fsp3) is 0.412. The van der Waals surface area contributed by atoms with Crippen LogP contribution >= 0.6 is 0 Å². The van der Waals surface area contributed by atoms with Crippen LogP contribution in [0.2, 0.25) is 0 Å². The van der Waals surface area contributed by atoms with E-state index in [9.17, 15) is 14.8 Å². The summed E-state index contributed by atoms with van der Waals surface area (Å²) in [7, 11) is 0. The first-order valence-electron chi connectivity index (χ1n) is 7.91. The zero-order valence-corrected chi connectivity index (χ0v) is 13.4. The van der Waals surface area contributed by atoms with Crippen molar-refractivity contribution in [3.63, 3.8) is 0 Å². The molecule has 0 aliphatic heterocycles. The molecule has 0 saturated carbocycles.